The first-order chi connectivity index (χ1) is 11.6. The van der Waals surface area contributed by atoms with E-state index in [1.54, 1.807) is 0 Å². The summed E-state index contributed by atoms with van der Waals surface area (Å²) < 4.78 is 1.63. The van der Waals surface area contributed by atoms with Crippen molar-refractivity contribution in [2.75, 3.05) is 5.32 Å². The number of carbonyl (C=O) groups is 1. The van der Waals surface area contributed by atoms with Crippen molar-refractivity contribution in [3.63, 3.8) is 0 Å². The highest BCUT2D eigenvalue weighted by atomic mass is 79.9. The number of hydrogen-bond donors (Lipinski definition) is 1. The van der Waals surface area contributed by atoms with E-state index >= 15 is 0 Å². The van der Waals surface area contributed by atoms with Gasteiger partial charge in [-0.2, -0.15) is 9.67 Å². The van der Waals surface area contributed by atoms with Gasteiger partial charge in [0.1, 0.15) is 0 Å². The molecule has 0 bridgehead atoms. The molecule has 2 aromatic carbocycles. The minimum absolute atomic E-state index is 0.231. The molecule has 0 atom stereocenters. The van der Waals surface area contributed by atoms with Gasteiger partial charge in [0.25, 0.3) is 5.91 Å². The summed E-state index contributed by atoms with van der Waals surface area (Å²) >= 11 is 3.24. The normalized spacial score (nSPS) is 10.6. The van der Waals surface area contributed by atoms with Crippen LogP contribution in [0.15, 0.2) is 53.3 Å². The highest BCUT2D eigenvalue weighted by Crippen LogP contribution is 2.19. The van der Waals surface area contributed by atoms with Crippen LogP contribution in [0.25, 0.3) is 0 Å². The number of nitrogens with one attached hydrogen (secondary N) is 1. The molecule has 1 aromatic heterocycles. The van der Waals surface area contributed by atoms with Crippen molar-refractivity contribution in [3.05, 3.63) is 70.0 Å². The van der Waals surface area contributed by atoms with E-state index in [1.807, 2.05) is 55.5 Å². The van der Waals surface area contributed by atoms with Crippen molar-refractivity contribution < 1.29 is 4.79 Å². The highest BCUT2D eigenvalue weighted by molar-refractivity contribution is 9.10. The molecule has 0 amide bonds. The molecule has 0 saturated carbocycles. The topological polar surface area (TPSA) is 59.8 Å². The summed E-state index contributed by atoms with van der Waals surface area (Å²) in [6, 6.07) is 15.4. The molecule has 0 aliphatic carbocycles. The number of halogens is 1. The zero-order chi connectivity index (χ0) is 17.1. The smallest absolute Gasteiger partial charge is 0.281 e. The molecule has 0 aliphatic heterocycles. The monoisotopic (exact) mass is 384 g/mol. The zero-order valence-corrected chi connectivity index (χ0v) is 15.0. The summed E-state index contributed by atoms with van der Waals surface area (Å²) in [5, 5.41) is 7.29. The van der Waals surface area contributed by atoms with E-state index in [2.05, 4.69) is 38.3 Å². The molecule has 3 rings (SSSR count). The average molecular weight is 385 g/mol. The molecule has 5 nitrogen and oxygen atoms in total. The van der Waals surface area contributed by atoms with Crippen LogP contribution in [0.4, 0.5) is 11.6 Å². The number of benzene rings is 2. The Balaban J connectivity index is 1.90. The maximum atomic E-state index is 12.7. The van der Waals surface area contributed by atoms with Gasteiger partial charge < -0.3 is 5.32 Å². The lowest BCUT2D eigenvalue weighted by atomic mass is 10.1. The van der Waals surface area contributed by atoms with Gasteiger partial charge in [-0.1, -0.05) is 36.8 Å². The third-order valence-corrected chi connectivity index (χ3v) is 4.03. The van der Waals surface area contributed by atoms with Crippen LogP contribution in [0.5, 0.6) is 0 Å². The molecule has 0 fully saturated rings. The fourth-order valence-corrected chi connectivity index (χ4v) is 2.61. The fraction of sp³-hybridized carbons (Fsp3) is 0.167. The number of hydrogen-bond acceptors (Lipinski definition) is 4. The molecule has 24 heavy (non-hydrogen) atoms. The molecule has 0 aliphatic rings. The second kappa shape index (κ2) is 6.97. The van der Waals surface area contributed by atoms with Crippen LogP contribution in [0.1, 0.15) is 28.4 Å². The number of rotatable bonds is 4. The Kier molecular flexibility index (Phi) is 4.76. The van der Waals surface area contributed by atoms with Gasteiger partial charge in [-0.25, -0.2) is 0 Å². The van der Waals surface area contributed by atoms with E-state index in [1.165, 1.54) is 10.2 Å². The number of nitrogens with zero attached hydrogens (tertiary/aromatic N) is 3. The Bertz CT molecular complexity index is 854. The van der Waals surface area contributed by atoms with Crippen molar-refractivity contribution >= 4 is 33.5 Å². The van der Waals surface area contributed by atoms with E-state index in [4.69, 9.17) is 0 Å². The standard InChI is InChI=1S/C18H17BrN4O/c1-3-13-6-8-14(9-7-13)16(24)23-18(21-17(19)22-23)20-15-10-4-12(2)5-11-15/h4-11H,3H2,1-2H3,(H,20,21,22). The first kappa shape index (κ1) is 16.4. The van der Waals surface area contributed by atoms with Gasteiger partial charge in [-0.15, -0.1) is 5.10 Å². The second-order valence-electron chi connectivity index (χ2n) is 5.46. The van der Waals surface area contributed by atoms with Crippen LogP contribution in [0.3, 0.4) is 0 Å². The number of aryl methyl sites for hydroxylation is 2. The van der Waals surface area contributed by atoms with Crippen LogP contribution >= 0.6 is 15.9 Å². The largest absolute Gasteiger partial charge is 0.324 e. The summed E-state index contributed by atoms with van der Waals surface area (Å²) in [7, 11) is 0. The van der Waals surface area contributed by atoms with Crippen molar-refractivity contribution in [2.24, 2.45) is 0 Å². The Hall–Kier alpha value is -2.47. The summed E-state index contributed by atoms with van der Waals surface area (Å²) in [6.45, 7) is 4.10. The molecule has 3 aromatic rings. The van der Waals surface area contributed by atoms with Gasteiger partial charge in [-0.05, 0) is 59.1 Å². The van der Waals surface area contributed by atoms with Gasteiger partial charge in [-0.3, -0.25) is 4.79 Å². The van der Waals surface area contributed by atoms with E-state index in [0.29, 0.717) is 16.2 Å². The molecule has 0 radical (unpaired) electrons. The van der Waals surface area contributed by atoms with Gasteiger partial charge in [0, 0.05) is 11.3 Å². The quantitative estimate of drug-likeness (QED) is 0.726. The Morgan fingerprint density at radius 3 is 2.42 bits per heavy atom. The molecular weight excluding hydrogens is 368 g/mol. The third-order valence-electron chi connectivity index (χ3n) is 3.69. The predicted molar refractivity (Wildman–Crippen MR) is 97.7 cm³/mol. The second-order valence-corrected chi connectivity index (χ2v) is 6.17. The van der Waals surface area contributed by atoms with Gasteiger partial charge >= 0.3 is 0 Å². The molecule has 1 N–H and O–H groups in total. The summed E-state index contributed by atoms with van der Waals surface area (Å²) in [6.07, 6.45) is 0.934. The molecule has 122 valence electrons. The van der Waals surface area contributed by atoms with E-state index in [0.717, 1.165) is 17.7 Å². The van der Waals surface area contributed by atoms with Crippen LogP contribution < -0.4 is 5.32 Å². The number of carbonyl (C=O) groups excluding carboxylic acids is 1. The van der Waals surface area contributed by atoms with E-state index in [9.17, 15) is 4.79 Å². The van der Waals surface area contributed by atoms with Gasteiger partial charge in [0.05, 0.1) is 0 Å². The number of aromatic nitrogens is 3. The molecular formula is C18H17BrN4O. The molecule has 0 saturated heterocycles. The maximum Gasteiger partial charge on any atom is 0.281 e. The van der Waals surface area contributed by atoms with E-state index in [-0.39, 0.29) is 5.91 Å². The summed E-state index contributed by atoms with van der Waals surface area (Å²) in [5.74, 6) is 0.140. The first-order valence-electron chi connectivity index (χ1n) is 7.66. The summed E-state index contributed by atoms with van der Waals surface area (Å²) in [5.41, 5.74) is 3.76. The Morgan fingerprint density at radius 1 is 1.12 bits per heavy atom. The lowest BCUT2D eigenvalue weighted by molar-refractivity contribution is 0.0947. The minimum atomic E-state index is -0.231. The van der Waals surface area contributed by atoms with Crippen molar-refractivity contribution in [3.8, 4) is 0 Å². The third kappa shape index (κ3) is 3.54. The predicted octanol–water partition coefficient (Wildman–Crippen LogP) is 4.34. The zero-order valence-electron chi connectivity index (χ0n) is 13.5. The molecule has 0 spiro atoms. The molecule has 6 heteroatoms. The van der Waals surface area contributed by atoms with Gasteiger partial charge in [0.15, 0.2) is 0 Å². The highest BCUT2D eigenvalue weighted by Gasteiger charge is 2.17. The van der Waals surface area contributed by atoms with Crippen LogP contribution in [-0.2, 0) is 6.42 Å². The van der Waals surface area contributed by atoms with E-state index < -0.39 is 0 Å². The van der Waals surface area contributed by atoms with Crippen LogP contribution in [0, 0.1) is 6.92 Å². The SMILES string of the molecule is CCc1ccc(C(=O)n2nc(Br)nc2Nc2ccc(C)cc2)cc1. The lowest BCUT2D eigenvalue weighted by Crippen LogP contribution is -2.16. The fourth-order valence-electron chi connectivity index (χ4n) is 2.28. The minimum Gasteiger partial charge on any atom is -0.324 e. The summed E-state index contributed by atoms with van der Waals surface area (Å²) in [4.78, 5) is 17.0. The Labute approximate surface area is 148 Å². The maximum absolute atomic E-state index is 12.7. The number of anilines is 2. The van der Waals surface area contributed by atoms with Crippen molar-refractivity contribution in [1.29, 1.82) is 0 Å². The first-order valence-corrected chi connectivity index (χ1v) is 8.46. The van der Waals surface area contributed by atoms with Crippen molar-refractivity contribution in [1.82, 2.24) is 14.8 Å². The molecule has 0 unspecified atom stereocenters. The van der Waals surface area contributed by atoms with Gasteiger partial charge in [0.2, 0.25) is 10.7 Å². The van der Waals surface area contributed by atoms with Crippen molar-refractivity contribution in [2.45, 2.75) is 20.3 Å². The Morgan fingerprint density at radius 2 is 1.79 bits per heavy atom. The molecule has 1 heterocycles. The average Bonchev–Trinajstić information content (AvgIpc) is 2.96. The lowest BCUT2D eigenvalue weighted by Gasteiger charge is -2.08. The van der Waals surface area contributed by atoms with Crippen LogP contribution in [0.2, 0.25) is 0 Å². The van der Waals surface area contributed by atoms with Crippen LogP contribution in [-0.4, -0.2) is 20.7 Å².